The van der Waals surface area contributed by atoms with E-state index < -0.39 is 0 Å². The average Bonchev–Trinajstić information content (AvgIpc) is 3.34. The van der Waals surface area contributed by atoms with E-state index in [0.717, 1.165) is 47.1 Å². The van der Waals surface area contributed by atoms with Crippen LogP contribution in [0.5, 0.6) is 5.75 Å². The number of fused-ring (bicyclic) bond motifs is 3. The first-order chi connectivity index (χ1) is 15.5. The lowest BCUT2D eigenvalue weighted by molar-refractivity contribution is 0.0649. The number of methoxy groups -OCH3 is 1. The van der Waals surface area contributed by atoms with Gasteiger partial charge in [0.1, 0.15) is 5.75 Å². The fourth-order valence-corrected chi connectivity index (χ4v) is 5.27. The lowest BCUT2D eigenvalue weighted by Crippen LogP contribution is -2.43. The van der Waals surface area contributed by atoms with Crippen LogP contribution in [0.1, 0.15) is 67.5 Å². The summed E-state index contributed by atoms with van der Waals surface area (Å²) in [5.74, 6) is 2.30. The summed E-state index contributed by atoms with van der Waals surface area (Å²) in [6, 6.07) is 6.60. The number of aromatic nitrogens is 2. The molecule has 0 spiro atoms. The minimum absolute atomic E-state index is 0.0230. The van der Waals surface area contributed by atoms with Crippen molar-refractivity contribution in [2.24, 2.45) is 5.92 Å². The van der Waals surface area contributed by atoms with Crippen LogP contribution in [-0.2, 0) is 19.3 Å². The molecule has 0 N–H and O–H groups in total. The lowest BCUT2D eigenvalue weighted by Gasteiger charge is -2.32. The van der Waals surface area contributed by atoms with E-state index in [9.17, 15) is 4.79 Å². The van der Waals surface area contributed by atoms with Gasteiger partial charge >= 0.3 is 0 Å². The van der Waals surface area contributed by atoms with Gasteiger partial charge < -0.3 is 9.64 Å². The number of thiophene rings is 1. The minimum atomic E-state index is -0.280. The van der Waals surface area contributed by atoms with Gasteiger partial charge in [-0.1, -0.05) is 13.8 Å². The first-order valence-corrected chi connectivity index (χ1v) is 12.5. The highest BCUT2D eigenvalue weighted by Crippen LogP contribution is 2.39. The van der Waals surface area contributed by atoms with E-state index in [1.807, 2.05) is 7.05 Å². The topological polar surface area (TPSA) is 47.4 Å². The number of amides is 1. The number of benzene rings is 1. The fourth-order valence-electron chi connectivity index (χ4n) is 4.40. The van der Waals surface area contributed by atoms with E-state index >= 15 is 0 Å². The highest BCUT2D eigenvalue weighted by atomic mass is 32.1. The van der Waals surface area contributed by atoms with Crippen LogP contribution in [0, 0.1) is 12.8 Å². The zero-order valence-electron chi connectivity index (χ0n) is 21.1. The maximum Gasteiger partial charge on any atom is 0.274 e. The summed E-state index contributed by atoms with van der Waals surface area (Å²) in [7, 11) is 3.61. The summed E-state index contributed by atoms with van der Waals surface area (Å²) in [5, 5.41) is 2.14. The summed E-state index contributed by atoms with van der Waals surface area (Å²) in [6.07, 6.45) is 2.57. The van der Waals surface area contributed by atoms with Crippen molar-refractivity contribution in [3.05, 3.63) is 51.7 Å². The Morgan fingerprint density at radius 1 is 1.24 bits per heavy atom. The molecule has 0 unspecified atom stereocenters. The molecular weight excluding hydrogens is 430 g/mol. The Morgan fingerprint density at radius 2 is 1.97 bits per heavy atom. The summed E-state index contributed by atoms with van der Waals surface area (Å²) < 4.78 is 7.98. The van der Waals surface area contributed by atoms with E-state index in [2.05, 4.69) is 69.7 Å². The molecule has 1 amide bonds. The molecule has 1 aliphatic heterocycles. The third kappa shape index (κ3) is 4.33. The van der Waals surface area contributed by atoms with Gasteiger partial charge in [-0.3, -0.25) is 9.36 Å². The van der Waals surface area contributed by atoms with Gasteiger partial charge in [-0.25, -0.2) is 4.98 Å². The zero-order valence-corrected chi connectivity index (χ0v) is 21.9. The third-order valence-corrected chi connectivity index (χ3v) is 7.46. The molecule has 0 fully saturated rings. The van der Waals surface area contributed by atoms with Crippen LogP contribution in [0.4, 0.5) is 0 Å². The maximum atomic E-state index is 13.6. The van der Waals surface area contributed by atoms with E-state index in [4.69, 9.17) is 9.72 Å². The van der Waals surface area contributed by atoms with Gasteiger partial charge in [0.15, 0.2) is 11.5 Å². The van der Waals surface area contributed by atoms with Gasteiger partial charge in [0.05, 0.1) is 23.4 Å². The predicted octanol–water partition coefficient (Wildman–Crippen LogP) is 6.09. The SMILES string of the molecule is COc1cc2c(cc1CC(C)C)-n1c(-c3cc(C)cs3)nc(C(=O)N(C)C(C)(C)C)c1CC2. The highest BCUT2D eigenvalue weighted by molar-refractivity contribution is 7.13. The predicted molar refractivity (Wildman–Crippen MR) is 136 cm³/mol. The molecule has 5 nitrogen and oxygen atoms in total. The molecule has 1 aromatic carbocycles. The molecule has 2 aromatic heterocycles. The van der Waals surface area contributed by atoms with E-state index in [0.29, 0.717) is 11.6 Å². The Balaban J connectivity index is 1.95. The number of nitrogens with zero attached hydrogens (tertiary/aromatic N) is 3. The summed E-state index contributed by atoms with van der Waals surface area (Å²) in [4.78, 5) is 21.4. The molecule has 176 valence electrons. The molecule has 4 rings (SSSR count). The molecule has 6 heteroatoms. The first kappa shape index (κ1) is 23.6. The van der Waals surface area contributed by atoms with Gasteiger partial charge in [0, 0.05) is 12.6 Å². The number of carbonyl (C=O) groups excluding carboxylic acids is 1. The quantitative estimate of drug-likeness (QED) is 0.458. The monoisotopic (exact) mass is 465 g/mol. The first-order valence-electron chi connectivity index (χ1n) is 11.7. The lowest BCUT2D eigenvalue weighted by atomic mass is 9.94. The van der Waals surface area contributed by atoms with Crippen LogP contribution in [0.2, 0.25) is 0 Å². The molecule has 3 aromatic rings. The van der Waals surface area contributed by atoms with Crippen LogP contribution in [0.25, 0.3) is 16.4 Å². The number of aryl methyl sites for hydroxylation is 2. The van der Waals surface area contributed by atoms with Crippen molar-refractivity contribution in [3.63, 3.8) is 0 Å². The van der Waals surface area contributed by atoms with Crippen molar-refractivity contribution in [3.8, 4) is 22.1 Å². The van der Waals surface area contributed by atoms with Crippen molar-refractivity contribution in [2.75, 3.05) is 14.2 Å². The van der Waals surface area contributed by atoms with Gasteiger partial charge in [-0.2, -0.15) is 0 Å². The average molecular weight is 466 g/mol. The number of ether oxygens (including phenoxy) is 1. The number of rotatable bonds is 5. The summed E-state index contributed by atoms with van der Waals surface area (Å²) >= 11 is 1.68. The molecule has 0 aliphatic carbocycles. The second-order valence-corrected chi connectivity index (χ2v) is 11.4. The van der Waals surface area contributed by atoms with Gasteiger partial charge in [-0.15, -0.1) is 11.3 Å². The molecule has 3 heterocycles. The number of hydrogen-bond acceptors (Lipinski definition) is 4. The molecule has 0 radical (unpaired) electrons. The van der Waals surface area contributed by atoms with Crippen LogP contribution in [0.15, 0.2) is 23.6 Å². The van der Waals surface area contributed by atoms with Gasteiger partial charge in [0.2, 0.25) is 0 Å². The molecule has 0 atom stereocenters. The second-order valence-electron chi connectivity index (χ2n) is 10.5. The van der Waals surface area contributed by atoms with Crippen molar-refractivity contribution < 1.29 is 9.53 Å². The normalized spacial score (nSPS) is 13.1. The van der Waals surface area contributed by atoms with Crippen LogP contribution in [-0.4, -0.2) is 40.1 Å². The van der Waals surface area contributed by atoms with Crippen molar-refractivity contribution >= 4 is 17.2 Å². The van der Waals surface area contributed by atoms with Crippen LogP contribution < -0.4 is 4.74 Å². The Hall–Kier alpha value is -2.60. The molecular formula is C27H35N3O2S. The highest BCUT2D eigenvalue weighted by Gasteiger charge is 2.33. The zero-order chi connectivity index (χ0) is 24.1. The van der Waals surface area contributed by atoms with E-state index in [1.54, 1.807) is 23.3 Å². The van der Waals surface area contributed by atoms with Crippen molar-refractivity contribution in [1.82, 2.24) is 14.5 Å². The number of carbonyl (C=O) groups is 1. The molecule has 0 saturated carbocycles. The van der Waals surface area contributed by atoms with Crippen molar-refractivity contribution in [1.29, 1.82) is 0 Å². The maximum absolute atomic E-state index is 13.6. The minimum Gasteiger partial charge on any atom is -0.496 e. The second kappa shape index (κ2) is 8.64. The van der Waals surface area contributed by atoms with Crippen LogP contribution >= 0.6 is 11.3 Å². The third-order valence-electron chi connectivity index (χ3n) is 6.42. The van der Waals surface area contributed by atoms with Crippen LogP contribution in [0.3, 0.4) is 0 Å². The summed E-state index contributed by atoms with van der Waals surface area (Å²) in [5.41, 5.74) is 6.06. The number of hydrogen-bond donors (Lipinski definition) is 0. The fraction of sp³-hybridized carbons (Fsp3) is 0.481. The standard InChI is InChI=1S/C27H35N3O2S/c1-16(2)11-19-13-21-18(14-22(19)32-8)9-10-20-24(26(31)29(7)27(4,5)6)28-25(30(20)21)23-12-17(3)15-33-23/h12-16H,9-11H2,1-8H3. The largest absolute Gasteiger partial charge is 0.496 e. The van der Waals surface area contributed by atoms with Gasteiger partial charge in [-0.05, 0) is 93.1 Å². The Kier molecular flexibility index (Phi) is 6.16. The Bertz CT molecular complexity index is 1200. The van der Waals surface area contributed by atoms with Crippen molar-refractivity contribution in [2.45, 2.75) is 66.3 Å². The molecule has 1 aliphatic rings. The number of imidazole rings is 1. The smallest absolute Gasteiger partial charge is 0.274 e. The molecule has 33 heavy (non-hydrogen) atoms. The van der Waals surface area contributed by atoms with E-state index in [-0.39, 0.29) is 11.4 Å². The molecule has 0 bridgehead atoms. The molecule has 0 saturated heterocycles. The Morgan fingerprint density at radius 3 is 2.55 bits per heavy atom. The van der Waals surface area contributed by atoms with Gasteiger partial charge in [0.25, 0.3) is 5.91 Å². The Labute approximate surface area is 201 Å². The summed E-state index contributed by atoms with van der Waals surface area (Å²) in [6.45, 7) is 12.7. The van der Waals surface area contributed by atoms with E-state index in [1.165, 1.54) is 16.7 Å².